The molecule has 33 heavy (non-hydrogen) atoms. The van der Waals surface area contributed by atoms with Crippen molar-refractivity contribution in [1.82, 2.24) is 15.0 Å². The monoisotopic (exact) mass is 477 g/mol. The second-order valence-corrected chi connectivity index (χ2v) is 9.47. The summed E-state index contributed by atoms with van der Waals surface area (Å²) in [7, 11) is 4.31. The number of halogens is 3. The Hall–Kier alpha value is -2.65. The van der Waals surface area contributed by atoms with E-state index in [2.05, 4.69) is 57.5 Å². The van der Waals surface area contributed by atoms with Crippen LogP contribution in [0, 0.1) is 11.8 Å². The topological polar surface area (TPSA) is 51.4 Å². The maximum Gasteiger partial charge on any atom is 0.573 e. The molecule has 1 fully saturated rings. The molecule has 0 aliphatic heterocycles. The highest BCUT2D eigenvalue weighted by atomic mass is 32.1. The van der Waals surface area contributed by atoms with E-state index in [-0.39, 0.29) is 5.75 Å². The first-order chi connectivity index (χ1) is 15.8. The molecular weight excluding hydrogens is 451 g/mol. The zero-order chi connectivity index (χ0) is 23.4. The zero-order valence-corrected chi connectivity index (χ0v) is 19.3. The third-order valence-electron chi connectivity index (χ3n) is 5.95. The molecule has 176 valence electrons. The summed E-state index contributed by atoms with van der Waals surface area (Å²) in [5.74, 6) is 1.51. The van der Waals surface area contributed by atoms with E-state index in [1.165, 1.54) is 29.1 Å². The highest BCUT2D eigenvalue weighted by molar-refractivity contribution is 7.10. The quantitative estimate of drug-likeness (QED) is 0.374. The summed E-state index contributed by atoms with van der Waals surface area (Å²) < 4.78 is 46.1. The lowest BCUT2D eigenvalue weighted by atomic mass is 9.77. The van der Waals surface area contributed by atoms with Crippen LogP contribution in [0.2, 0.25) is 0 Å². The summed E-state index contributed by atoms with van der Waals surface area (Å²) >= 11 is 1.82. The number of aromatic nitrogens is 2. The predicted octanol–water partition coefficient (Wildman–Crippen LogP) is 6.82. The van der Waals surface area contributed by atoms with Crippen LogP contribution in [0.4, 0.5) is 13.2 Å². The van der Waals surface area contributed by atoms with Gasteiger partial charge in [0.05, 0.1) is 0 Å². The van der Waals surface area contributed by atoms with E-state index in [0.29, 0.717) is 35.2 Å². The molecular formula is C24H26F3N3O2S. The molecule has 1 aromatic carbocycles. The minimum absolute atomic E-state index is 0.291. The first-order valence-corrected chi connectivity index (χ1v) is 11.7. The van der Waals surface area contributed by atoms with Crippen molar-refractivity contribution in [2.24, 2.45) is 11.8 Å². The number of benzene rings is 1. The molecule has 1 aliphatic rings. The summed E-state index contributed by atoms with van der Waals surface area (Å²) in [6.07, 6.45) is 3.79. The van der Waals surface area contributed by atoms with Crippen molar-refractivity contribution in [2.45, 2.75) is 38.1 Å². The number of rotatable bonds is 7. The number of alkyl halides is 3. The molecule has 0 radical (unpaired) electrons. The van der Waals surface area contributed by atoms with E-state index < -0.39 is 6.36 Å². The zero-order valence-electron chi connectivity index (χ0n) is 18.5. The molecule has 2 heterocycles. The normalized spacial score (nSPS) is 20.4. The lowest BCUT2D eigenvalue weighted by Crippen LogP contribution is -2.29. The third-order valence-corrected chi connectivity index (χ3v) is 6.90. The average Bonchev–Trinajstić information content (AvgIpc) is 3.45. The number of hydrogen-bond donors (Lipinski definition) is 0. The second kappa shape index (κ2) is 10.1. The Balaban J connectivity index is 1.33. The Labute approximate surface area is 194 Å². The van der Waals surface area contributed by atoms with Crippen molar-refractivity contribution in [1.29, 1.82) is 0 Å². The van der Waals surface area contributed by atoms with Gasteiger partial charge in [0.25, 0.3) is 5.89 Å². The van der Waals surface area contributed by atoms with Gasteiger partial charge in [-0.05, 0) is 93.4 Å². The molecule has 0 saturated heterocycles. The van der Waals surface area contributed by atoms with Gasteiger partial charge in [-0.3, -0.25) is 0 Å². The Kier molecular flexibility index (Phi) is 7.19. The lowest BCUT2D eigenvalue weighted by Gasteiger charge is -2.36. The van der Waals surface area contributed by atoms with Gasteiger partial charge in [-0.2, -0.15) is 4.98 Å². The maximum absolute atomic E-state index is 12.3. The molecule has 0 N–H and O–H groups in total. The van der Waals surface area contributed by atoms with Crippen LogP contribution in [-0.4, -0.2) is 35.5 Å². The number of hydrogen-bond acceptors (Lipinski definition) is 6. The van der Waals surface area contributed by atoms with Crippen LogP contribution in [0.5, 0.6) is 5.75 Å². The van der Waals surface area contributed by atoms with Gasteiger partial charge in [0.15, 0.2) is 0 Å². The average molecular weight is 478 g/mol. The van der Waals surface area contributed by atoms with Crippen molar-refractivity contribution >= 4 is 17.4 Å². The summed E-state index contributed by atoms with van der Waals surface area (Å²) in [4.78, 5) is 8.09. The van der Waals surface area contributed by atoms with E-state index in [4.69, 9.17) is 4.52 Å². The third kappa shape index (κ3) is 6.23. The van der Waals surface area contributed by atoms with Crippen LogP contribution < -0.4 is 4.74 Å². The van der Waals surface area contributed by atoms with Crippen LogP contribution in [-0.2, 0) is 0 Å². The van der Waals surface area contributed by atoms with Crippen molar-refractivity contribution < 1.29 is 22.4 Å². The molecule has 2 aromatic heterocycles. The molecule has 0 amide bonds. The van der Waals surface area contributed by atoms with Gasteiger partial charge in [-0.25, -0.2) is 0 Å². The minimum atomic E-state index is -4.72. The van der Waals surface area contributed by atoms with E-state index in [0.717, 1.165) is 25.7 Å². The molecule has 1 unspecified atom stereocenters. The molecule has 0 spiro atoms. The minimum Gasteiger partial charge on any atom is -0.406 e. The fourth-order valence-corrected chi connectivity index (χ4v) is 5.48. The van der Waals surface area contributed by atoms with Gasteiger partial charge in [-0.1, -0.05) is 17.3 Å². The Morgan fingerprint density at radius 3 is 2.45 bits per heavy atom. The lowest BCUT2D eigenvalue weighted by molar-refractivity contribution is -0.274. The van der Waals surface area contributed by atoms with Crippen LogP contribution in [0.15, 0.2) is 52.4 Å². The van der Waals surface area contributed by atoms with E-state index in [1.807, 2.05) is 17.4 Å². The van der Waals surface area contributed by atoms with Crippen LogP contribution >= 0.6 is 11.3 Å². The summed E-state index contributed by atoms with van der Waals surface area (Å²) in [6, 6.07) is 10.2. The maximum atomic E-state index is 12.3. The van der Waals surface area contributed by atoms with Crippen molar-refractivity contribution in [3.8, 4) is 17.1 Å². The summed E-state index contributed by atoms with van der Waals surface area (Å²) in [5.41, 5.74) is 0.553. The molecule has 1 aliphatic carbocycles. The second-order valence-electron chi connectivity index (χ2n) is 8.49. The fraction of sp³-hybridized carbons (Fsp3) is 0.417. The molecule has 1 saturated carbocycles. The standard InChI is InChI=1S/C24H26F3N3O2S/c1-30(2)22(20-4-3-15-33-20)17-8-5-16(6-9-17)7-14-21-28-23(29-32-21)18-10-12-19(13-11-18)31-24(25,26)27/h3-4,7,10-17,22H,5-6,8-9H2,1-2H3/b14-7+. The van der Waals surface area contributed by atoms with E-state index in [1.54, 1.807) is 0 Å². The Bertz CT molecular complexity index is 1040. The molecule has 9 heteroatoms. The predicted molar refractivity (Wildman–Crippen MR) is 122 cm³/mol. The van der Waals surface area contributed by atoms with Crippen LogP contribution in [0.25, 0.3) is 17.5 Å². The van der Waals surface area contributed by atoms with Gasteiger partial charge >= 0.3 is 6.36 Å². The summed E-state index contributed by atoms with van der Waals surface area (Å²) in [5, 5.41) is 6.08. The van der Waals surface area contributed by atoms with Gasteiger partial charge in [0.1, 0.15) is 5.75 Å². The SMILES string of the molecule is CN(C)C(c1cccs1)C1CCC(/C=C/c2nc(-c3ccc(OC(F)(F)F)cc3)no2)CC1. The van der Waals surface area contributed by atoms with Crippen LogP contribution in [0.1, 0.15) is 42.5 Å². The van der Waals surface area contributed by atoms with Crippen molar-refractivity contribution in [2.75, 3.05) is 14.1 Å². The van der Waals surface area contributed by atoms with Gasteiger partial charge in [-0.15, -0.1) is 24.5 Å². The summed E-state index contributed by atoms with van der Waals surface area (Å²) in [6.45, 7) is 0. The first kappa shape index (κ1) is 23.5. The number of ether oxygens (including phenoxy) is 1. The molecule has 5 nitrogen and oxygen atoms in total. The smallest absolute Gasteiger partial charge is 0.406 e. The van der Waals surface area contributed by atoms with Gasteiger partial charge in [0.2, 0.25) is 5.82 Å². The highest BCUT2D eigenvalue weighted by Crippen LogP contribution is 2.41. The van der Waals surface area contributed by atoms with Crippen molar-refractivity contribution in [3.63, 3.8) is 0 Å². The van der Waals surface area contributed by atoms with Crippen molar-refractivity contribution in [3.05, 3.63) is 58.6 Å². The van der Waals surface area contributed by atoms with Gasteiger partial charge in [0, 0.05) is 16.5 Å². The van der Waals surface area contributed by atoms with Gasteiger partial charge < -0.3 is 14.2 Å². The molecule has 1 atom stereocenters. The Morgan fingerprint density at radius 1 is 1.12 bits per heavy atom. The number of thiophene rings is 1. The largest absolute Gasteiger partial charge is 0.573 e. The highest BCUT2D eigenvalue weighted by Gasteiger charge is 2.31. The first-order valence-electron chi connectivity index (χ1n) is 10.9. The number of allylic oxidation sites excluding steroid dienone is 1. The number of nitrogens with zero attached hydrogens (tertiary/aromatic N) is 3. The molecule has 0 bridgehead atoms. The van der Waals surface area contributed by atoms with E-state index in [9.17, 15) is 13.2 Å². The van der Waals surface area contributed by atoms with E-state index >= 15 is 0 Å². The van der Waals surface area contributed by atoms with Crippen LogP contribution in [0.3, 0.4) is 0 Å². The molecule has 4 rings (SSSR count). The molecule has 3 aromatic rings. The fourth-order valence-electron chi connectivity index (χ4n) is 4.47. The Morgan fingerprint density at radius 2 is 1.85 bits per heavy atom.